The van der Waals surface area contributed by atoms with E-state index in [1.54, 1.807) is 6.26 Å². The molecule has 0 spiro atoms. The Morgan fingerprint density at radius 2 is 1.75 bits per heavy atom. The highest BCUT2D eigenvalue weighted by molar-refractivity contribution is 6.64. The van der Waals surface area contributed by atoms with Crippen molar-refractivity contribution >= 4 is 23.6 Å². The summed E-state index contributed by atoms with van der Waals surface area (Å²) in [7, 11) is -0.526. The number of aliphatic hydroxyl groups is 1. The second-order valence-corrected chi connectivity index (χ2v) is 9.12. The van der Waals surface area contributed by atoms with E-state index in [-0.39, 0.29) is 0 Å². The number of hydrogen-bond acceptors (Lipinski definition) is 6. The first kappa shape index (κ1) is 22.9. The van der Waals surface area contributed by atoms with Crippen molar-refractivity contribution in [2.24, 2.45) is 0 Å². The highest BCUT2D eigenvalue weighted by atomic mass is 16.7. The Kier molecular flexibility index (Phi) is 6.36. The fourth-order valence-electron chi connectivity index (χ4n) is 3.82. The van der Waals surface area contributed by atoms with Crippen molar-refractivity contribution < 1.29 is 28.3 Å². The SMILES string of the molecule is CCOC(O)Cc1ccccc1OCc1cc(B2OC(C)(C)C(C)(C)O2)c2occc2c1. The predicted octanol–water partition coefficient (Wildman–Crippen LogP) is 4.21. The van der Waals surface area contributed by atoms with Crippen LogP contribution in [0.4, 0.5) is 0 Å². The van der Waals surface area contributed by atoms with Crippen LogP contribution in [0.3, 0.4) is 0 Å². The third kappa shape index (κ3) is 4.57. The summed E-state index contributed by atoms with van der Waals surface area (Å²) in [5, 5.41) is 11.0. The van der Waals surface area contributed by atoms with E-state index in [9.17, 15) is 5.11 Å². The monoisotopic (exact) mass is 438 g/mol. The molecular weight excluding hydrogens is 407 g/mol. The number of benzene rings is 2. The summed E-state index contributed by atoms with van der Waals surface area (Å²) in [6, 6.07) is 13.7. The molecule has 1 unspecified atom stereocenters. The number of para-hydroxylation sites is 1. The average molecular weight is 438 g/mol. The fraction of sp³-hybridized carbons (Fsp3) is 0.440. The molecule has 2 heterocycles. The van der Waals surface area contributed by atoms with Gasteiger partial charge in [0.05, 0.1) is 17.5 Å². The fourth-order valence-corrected chi connectivity index (χ4v) is 3.82. The molecule has 0 amide bonds. The molecule has 2 aromatic carbocycles. The van der Waals surface area contributed by atoms with Gasteiger partial charge < -0.3 is 28.3 Å². The van der Waals surface area contributed by atoms with Crippen LogP contribution in [-0.4, -0.2) is 36.3 Å². The molecule has 32 heavy (non-hydrogen) atoms. The molecule has 1 aromatic heterocycles. The maximum Gasteiger partial charge on any atom is 0.498 e. The molecule has 6 nitrogen and oxygen atoms in total. The van der Waals surface area contributed by atoms with Crippen molar-refractivity contribution in [1.29, 1.82) is 0 Å². The van der Waals surface area contributed by atoms with E-state index in [1.807, 2.05) is 77.1 Å². The topological polar surface area (TPSA) is 70.3 Å². The molecule has 0 saturated carbocycles. The van der Waals surface area contributed by atoms with Crippen LogP contribution in [0.2, 0.25) is 0 Å². The third-order valence-electron chi connectivity index (χ3n) is 6.27. The molecule has 7 heteroatoms. The van der Waals surface area contributed by atoms with Gasteiger partial charge in [-0.25, -0.2) is 0 Å². The number of furan rings is 1. The number of fused-ring (bicyclic) bond motifs is 1. The molecule has 0 radical (unpaired) electrons. The van der Waals surface area contributed by atoms with Crippen LogP contribution in [0, 0.1) is 0 Å². The van der Waals surface area contributed by atoms with E-state index in [0.29, 0.717) is 19.6 Å². The van der Waals surface area contributed by atoms with E-state index in [1.165, 1.54) is 0 Å². The lowest BCUT2D eigenvalue weighted by Gasteiger charge is -2.32. The highest BCUT2D eigenvalue weighted by Gasteiger charge is 2.52. The molecule has 3 aromatic rings. The molecule has 170 valence electrons. The average Bonchev–Trinajstić information content (AvgIpc) is 3.28. The molecule has 1 aliphatic rings. The Morgan fingerprint density at radius 1 is 1.03 bits per heavy atom. The zero-order valence-corrected chi connectivity index (χ0v) is 19.4. The highest BCUT2D eigenvalue weighted by Crippen LogP contribution is 2.37. The van der Waals surface area contributed by atoms with Crippen molar-refractivity contribution in [3.63, 3.8) is 0 Å². The van der Waals surface area contributed by atoms with Crippen LogP contribution in [0.5, 0.6) is 5.75 Å². The van der Waals surface area contributed by atoms with Gasteiger partial charge >= 0.3 is 7.12 Å². The van der Waals surface area contributed by atoms with Crippen LogP contribution in [0.15, 0.2) is 53.1 Å². The molecule has 1 fully saturated rings. The minimum atomic E-state index is -0.859. The van der Waals surface area contributed by atoms with Gasteiger partial charge in [-0.15, -0.1) is 0 Å². The predicted molar refractivity (Wildman–Crippen MR) is 124 cm³/mol. The molecule has 0 aliphatic carbocycles. The molecule has 0 bridgehead atoms. The molecule has 4 rings (SSSR count). The van der Waals surface area contributed by atoms with Crippen molar-refractivity contribution in [1.82, 2.24) is 0 Å². The zero-order chi connectivity index (χ0) is 22.9. The Bertz CT molecular complexity index is 1060. The van der Waals surface area contributed by atoms with Crippen molar-refractivity contribution in [3.8, 4) is 5.75 Å². The maximum atomic E-state index is 10.0. The van der Waals surface area contributed by atoms with Gasteiger partial charge in [0.1, 0.15) is 17.9 Å². The standard InChI is InChI=1S/C25H31BO6/c1-6-28-22(27)15-18-9-7-8-10-21(18)30-16-17-13-19-11-12-29-23(19)20(14-17)26-31-24(2,3)25(4,5)32-26/h7-14,22,27H,6,15-16H2,1-5H3. The first-order valence-electron chi connectivity index (χ1n) is 11.1. The van der Waals surface area contributed by atoms with Gasteiger partial charge in [-0.2, -0.15) is 0 Å². The van der Waals surface area contributed by atoms with E-state index in [0.717, 1.165) is 33.3 Å². The van der Waals surface area contributed by atoms with Gasteiger partial charge in [0.25, 0.3) is 0 Å². The van der Waals surface area contributed by atoms with E-state index in [4.69, 9.17) is 23.2 Å². The maximum absolute atomic E-state index is 10.0. The van der Waals surface area contributed by atoms with Crippen LogP contribution in [0.1, 0.15) is 45.7 Å². The number of aliphatic hydroxyl groups excluding tert-OH is 1. The lowest BCUT2D eigenvalue weighted by molar-refractivity contribution is -0.0930. The van der Waals surface area contributed by atoms with Gasteiger partial charge in [0.2, 0.25) is 0 Å². The minimum Gasteiger partial charge on any atom is -0.489 e. The summed E-state index contributed by atoms with van der Waals surface area (Å²) in [5.41, 5.74) is 2.59. The van der Waals surface area contributed by atoms with Gasteiger partial charge in [0.15, 0.2) is 6.29 Å². The summed E-state index contributed by atoms with van der Waals surface area (Å²) in [5.74, 6) is 0.718. The largest absolute Gasteiger partial charge is 0.498 e. The van der Waals surface area contributed by atoms with E-state index < -0.39 is 24.6 Å². The first-order valence-corrected chi connectivity index (χ1v) is 11.1. The van der Waals surface area contributed by atoms with Crippen LogP contribution in [0.25, 0.3) is 11.0 Å². The van der Waals surface area contributed by atoms with Crippen LogP contribution < -0.4 is 10.2 Å². The van der Waals surface area contributed by atoms with Crippen molar-refractivity contribution in [2.45, 2.75) is 65.1 Å². The quantitative estimate of drug-likeness (QED) is 0.420. The van der Waals surface area contributed by atoms with Gasteiger partial charge in [-0.05, 0) is 63.9 Å². The normalized spacial score (nSPS) is 18.2. The van der Waals surface area contributed by atoms with E-state index >= 15 is 0 Å². The Morgan fingerprint density at radius 3 is 2.47 bits per heavy atom. The molecule has 1 N–H and O–H groups in total. The Balaban J connectivity index is 1.57. The molecule has 1 aliphatic heterocycles. The molecule has 1 saturated heterocycles. The molecular formula is C25H31BO6. The first-order chi connectivity index (χ1) is 15.2. The van der Waals surface area contributed by atoms with Crippen LogP contribution >= 0.6 is 0 Å². The van der Waals surface area contributed by atoms with E-state index in [2.05, 4.69) is 0 Å². The lowest BCUT2D eigenvalue weighted by Crippen LogP contribution is -2.41. The van der Waals surface area contributed by atoms with Gasteiger partial charge in [-0.3, -0.25) is 0 Å². The molecule has 1 atom stereocenters. The Labute approximate surface area is 189 Å². The number of rotatable bonds is 8. The van der Waals surface area contributed by atoms with Crippen LogP contribution in [-0.2, 0) is 27.1 Å². The number of hydrogen-bond donors (Lipinski definition) is 1. The third-order valence-corrected chi connectivity index (χ3v) is 6.27. The van der Waals surface area contributed by atoms with Gasteiger partial charge in [0, 0.05) is 23.9 Å². The second kappa shape index (κ2) is 8.91. The zero-order valence-electron chi connectivity index (χ0n) is 19.4. The van der Waals surface area contributed by atoms with Crippen molar-refractivity contribution in [2.75, 3.05) is 6.61 Å². The second-order valence-electron chi connectivity index (χ2n) is 9.12. The Hall–Kier alpha value is -2.32. The number of ether oxygens (including phenoxy) is 2. The van der Waals surface area contributed by atoms with Crippen molar-refractivity contribution in [3.05, 3.63) is 59.9 Å². The van der Waals surface area contributed by atoms with Gasteiger partial charge in [-0.1, -0.05) is 24.3 Å². The summed E-state index contributed by atoms with van der Waals surface area (Å²) in [4.78, 5) is 0. The lowest BCUT2D eigenvalue weighted by atomic mass is 9.77. The summed E-state index contributed by atoms with van der Waals surface area (Å²) >= 11 is 0. The summed E-state index contributed by atoms with van der Waals surface area (Å²) < 4.78 is 29.7. The smallest absolute Gasteiger partial charge is 0.489 e. The summed E-state index contributed by atoms with van der Waals surface area (Å²) in [6.45, 7) is 10.8. The minimum absolute atomic E-state index is 0.357. The summed E-state index contributed by atoms with van der Waals surface area (Å²) in [6.07, 6.45) is 1.18.